The summed E-state index contributed by atoms with van der Waals surface area (Å²) >= 11 is 0. The van der Waals surface area contributed by atoms with Crippen molar-refractivity contribution in [1.29, 1.82) is 0 Å². The minimum Gasteiger partial charge on any atom is -0.382 e. The Morgan fingerprint density at radius 3 is 2.65 bits per heavy atom. The molecule has 0 radical (unpaired) electrons. The molecule has 2 fully saturated rings. The van der Waals surface area contributed by atoms with E-state index in [2.05, 4.69) is 44.8 Å². The number of rotatable bonds is 8. The molecular formula is C23H41N7O. The summed E-state index contributed by atoms with van der Waals surface area (Å²) in [7, 11) is 0. The molecular weight excluding hydrogens is 390 g/mol. The number of likely N-dealkylation sites (tertiary alicyclic amines) is 1. The summed E-state index contributed by atoms with van der Waals surface area (Å²) in [6, 6.07) is 1.37. The van der Waals surface area contributed by atoms with Crippen molar-refractivity contribution in [2.45, 2.75) is 84.0 Å². The van der Waals surface area contributed by atoms with Crippen molar-refractivity contribution in [3.8, 4) is 0 Å². The minimum absolute atomic E-state index is 0.372. The average Bonchev–Trinajstić information content (AvgIpc) is 3.05. The lowest BCUT2D eigenvalue weighted by molar-refractivity contribution is 0.0948. The molecule has 0 aromatic heterocycles. The maximum absolute atomic E-state index is 11.0. The van der Waals surface area contributed by atoms with Crippen molar-refractivity contribution in [2.75, 3.05) is 39.3 Å². The van der Waals surface area contributed by atoms with Crippen LogP contribution in [0.2, 0.25) is 0 Å². The van der Waals surface area contributed by atoms with E-state index in [0.29, 0.717) is 24.3 Å². The lowest BCUT2D eigenvalue weighted by Gasteiger charge is -2.39. The van der Waals surface area contributed by atoms with Gasteiger partial charge in [-0.3, -0.25) is 4.90 Å². The van der Waals surface area contributed by atoms with Crippen LogP contribution in [0.4, 0.5) is 0 Å². The Hall–Kier alpha value is -1.80. The molecule has 3 rings (SSSR count). The predicted molar refractivity (Wildman–Crippen MR) is 128 cm³/mol. The fourth-order valence-electron chi connectivity index (χ4n) is 4.90. The van der Waals surface area contributed by atoms with Gasteiger partial charge in [-0.2, -0.15) is 0 Å². The number of aliphatic imine (C=N–C) groups is 2. The first kappa shape index (κ1) is 23.9. The summed E-state index contributed by atoms with van der Waals surface area (Å²) in [6.07, 6.45) is 8.48. The van der Waals surface area contributed by atoms with Gasteiger partial charge in [-0.25, -0.2) is 9.98 Å². The van der Waals surface area contributed by atoms with Crippen LogP contribution in [0.1, 0.15) is 65.7 Å². The molecule has 0 aromatic carbocycles. The van der Waals surface area contributed by atoms with Crippen molar-refractivity contribution in [3.05, 3.63) is 16.8 Å². The Balaban J connectivity index is 1.58. The van der Waals surface area contributed by atoms with E-state index >= 15 is 0 Å². The third-order valence-electron chi connectivity index (χ3n) is 6.81. The van der Waals surface area contributed by atoms with Crippen molar-refractivity contribution in [3.63, 3.8) is 0 Å². The third kappa shape index (κ3) is 6.59. The number of nitrogens with two attached hydrogens (primary N) is 1. The highest BCUT2D eigenvalue weighted by Gasteiger charge is 2.28. The topological polar surface area (TPSA) is 89.9 Å². The van der Waals surface area contributed by atoms with Gasteiger partial charge < -0.3 is 15.5 Å². The third-order valence-corrected chi connectivity index (χ3v) is 6.81. The van der Waals surface area contributed by atoms with E-state index in [1.54, 1.807) is 0 Å². The molecule has 31 heavy (non-hydrogen) atoms. The Morgan fingerprint density at radius 1 is 1.19 bits per heavy atom. The summed E-state index contributed by atoms with van der Waals surface area (Å²) in [6.45, 7) is 13.3. The van der Waals surface area contributed by atoms with Crippen LogP contribution in [0.25, 0.3) is 0 Å². The van der Waals surface area contributed by atoms with Crippen LogP contribution < -0.4 is 5.73 Å². The molecule has 3 heterocycles. The first-order chi connectivity index (χ1) is 15.0. The van der Waals surface area contributed by atoms with E-state index in [4.69, 9.17) is 10.7 Å². The van der Waals surface area contributed by atoms with Gasteiger partial charge in [0.15, 0.2) is 6.17 Å². The first-order valence-corrected chi connectivity index (χ1v) is 12.2. The average molecular weight is 432 g/mol. The molecule has 3 aliphatic heterocycles. The molecule has 1 atom stereocenters. The summed E-state index contributed by atoms with van der Waals surface area (Å²) < 4.78 is 0. The summed E-state index contributed by atoms with van der Waals surface area (Å²) in [4.78, 5) is 27.9. The van der Waals surface area contributed by atoms with Crippen LogP contribution >= 0.6 is 0 Å². The van der Waals surface area contributed by atoms with Crippen LogP contribution in [0.3, 0.4) is 0 Å². The van der Waals surface area contributed by atoms with Gasteiger partial charge in [-0.05, 0) is 76.7 Å². The van der Waals surface area contributed by atoms with E-state index < -0.39 is 6.17 Å². The molecule has 0 bridgehead atoms. The van der Waals surface area contributed by atoms with Crippen molar-refractivity contribution < 1.29 is 0 Å². The second-order valence-electron chi connectivity index (χ2n) is 9.29. The second-order valence-corrected chi connectivity index (χ2v) is 9.29. The maximum atomic E-state index is 11.0. The lowest BCUT2D eigenvalue weighted by atomic mass is 10.0. The van der Waals surface area contributed by atoms with Gasteiger partial charge in [-0.15, -0.1) is 4.91 Å². The van der Waals surface area contributed by atoms with Gasteiger partial charge >= 0.3 is 0 Å². The first-order valence-electron chi connectivity index (χ1n) is 12.2. The van der Waals surface area contributed by atoms with E-state index in [9.17, 15) is 4.91 Å². The number of amidine groups is 1. The van der Waals surface area contributed by atoms with E-state index in [-0.39, 0.29) is 0 Å². The fourth-order valence-corrected chi connectivity index (χ4v) is 4.90. The molecule has 174 valence electrons. The number of hydrogen-bond acceptors (Lipinski definition) is 7. The normalized spacial score (nSPS) is 24.0. The summed E-state index contributed by atoms with van der Waals surface area (Å²) in [5.41, 5.74) is 6.99. The fraction of sp³-hybridized carbons (Fsp3) is 0.826. The maximum Gasteiger partial charge on any atom is 0.183 e. The van der Waals surface area contributed by atoms with Gasteiger partial charge in [0.1, 0.15) is 11.7 Å². The highest BCUT2D eigenvalue weighted by molar-refractivity contribution is 6.41. The highest BCUT2D eigenvalue weighted by atomic mass is 16.3. The van der Waals surface area contributed by atoms with Gasteiger partial charge in [0.25, 0.3) is 0 Å². The minimum atomic E-state index is -0.601. The van der Waals surface area contributed by atoms with Crippen LogP contribution in [0.15, 0.2) is 27.1 Å². The zero-order valence-corrected chi connectivity index (χ0v) is 19.7. The summed E-state index contributed by atoms with van der Waals surface area (Å²) in [5.74, 6) is 1.39. The van der Waals surface area contributed by atoms with Gasteiger partial charge in [0, 0.05) is 38.3 Å². The molecule has 2 saturated heterocycles. The predicted octanol–water partition coefficient (Wildman–Crippen LogP) is 3.19. The molecule has 2 N–H and O–H groups in total. The molecule has 1 unspecified atom stereocenters. The SMILES string of the molecule is CCCC(N=O)N=C(N)C1=NC(N2CCCN(C3CCN(C(C)C)CC3)CC2)=CCC1. The molecule has 0 aromatic rings. The lowest BCUT2D eigenvalue weighted by Crippen LogP contribution is -2.47. The Kier molecular flexibility index (Phi) is 9.02. The van der Waals surface area contributed by atoms with Gasteiger partial charge in [-0.1, -0.05) is 13.3 Å². The molecule has 0 aliphatic carbocycles. The number of hydrogen-bond donors (Lipinski definition) is 1. The number of allylic oxidation sites excluding steroid dienone is 1. The zero-order chi connectivity index (χ0) is 22.2. The monoisotopic (exact) mass is 431 g/mol. The molecule has 3 aliphatic rings. The summed E-state index contributed by atoms with van der Waals surface area (Å²) in [5, 5.41) is 3.09. The Bertz CT molecular complexity index is 679. The number of nitrogens with zero attached hydrogens (tertiary/aromatic N) is 6. The molecule has 8 heteroatoms. The molecule has 0 saturated carbocycles. The van der Waals surface area contributed by atoms with Crippen molar-refractivity contribution in [1.82, 2.24) is 14.7 Å². The van der Waals surface area contributed by atoms with Gasteiger partial charge in [0.2, 0.25) is 0 Å². The quantitative estimate of drug-likeness (QED) is 0.362. The Labute approximate surface area is 187 Å². The number of piperidine rings is 1. The smallest absolute Gasteiger partial charge is 0.183 e. The van der Waals surface area contributed by atoms with Gasteiger partial charge in [0.05, 0.1) is 5.71 Å². The van der Waals surface area contributed by atoms with Crippen molar-refractivity contribution >= 4 is 11.5 Å². The van der Waals surface area contributed by atoms with Crippen LogP contribution in [-0.4, -0.2) is 83.8 Å². The van der Waals surface area contributed by atoms with Crippen molar-refractivity contribution in [2.24, 2.45) is 20.9 Å². The van der Waals surface area contributed by atoms with E-state index in [1.807, 2.05) is 6.92 Å². The highest BCUT2D eigenvalue weighted by Crippen LogP contribution is 2.22. The molecule has 8 nitrogen and oxygen atoms in total. The van der Waals surface area contributed by atoms with E-state index in [0.717, 1.165) is 56.9 Å². The molecule has 0 amide bonds. The second kappa shape index (κ2) is 11.7. The van der Waals surface area contributed by atoms with Crippen LogP contribution in [0.5, 0.6) is 0 Å². The van der Waals surface area contributed by atoms with Crippen LogP contribution in [-0.2, 0) is 0 Å². The largest absolute Gasteiger partial charge is 0.382 e. The molecule has 0 spiro atoms. The van der Waals surface area contributed by atoms with E-state index in [1.165, 1.54) is 32.5 Å². The Morgan fingerprint density at radius 2 is 1.97 bits per heavy atom. The van der Waals surface area contributed by atoms with Crippen LogP contribution in [0, 0.1) is 4.91 Å². The zero-order valence-electron chi connectivity index (χ0n) is 19.7. The number of nitroso groups, excluding NO2 is 1. The standard InChI is InChI=1S/C23H41N7O/c1-4-7-21(27-31)26-23(24)20-8-5-9-22(25-20)30-13-6-12-29(16-17-30)19-10-14-28(15-11-19)18(2)3/h9,18-19,21H,4-8,10-17H2,1-3H3,(H2,24,26).